The van der Waals surface area contributed by atoms with Crippen LogP contribution in [0.25, 0.3) is 0 Å². The number of rotatable bonds is 5. The van der Waals surface area contributed by atoms with Crippen molar-refractivity contribution in [2.24, 2.45) is 0 Å². The van der Waals surface area contributed by atoms with Crippen molar-refractivity contribution in [3.8, 4) is 11.5 Å². The van der Waals surface area contributed by atoms with E-state index in [9.17, 15) is 9.50 Å². The van der Waals surface area contributed by atoms with Crippen molar-refractivity contribution in [2.75, 3.05) is 11.9 Å². The van der Waals surface area contributed by atoms with Crippen molar-refractivity contribution in [2.45, 2.75) is 13.5 Å². The fourth-order valence-electron chi connectivity index (χ4n) is 1.74. The van der Waals surface area contributed by atoms with Gasteiger partial charge >= 0.3 is 0 Å². The van der Waals surface area contributed by atoms with Crippen molar-refractivity contribution in [1.29, 1.82) is 0 Å². The van der Waals surface area contributed by atoms with Crippen LogP contribution in [0.1, 0.15) is 12.5 Å². The van der Waals surface area contributed by atoms with E-state index in [1.807, 2.05) is 6.92 Å². The summed E-state index contributed by atoms with van der Waals surface area (Å²) in [5, 5.41) is 12.7. The van der Waals surface area contributed by atoms with Gasteiger partial charge in [0, 0.05) is 12.2 Å². The Hall–Kier alpha value is -2.23. The number of benzene rings is 2. The number of hydrogen-bond acceptors (Lipinski definition) is 3. The van der Waals surface area contributed by atoms with Crippen LogP contribution >= 0.6 is 0 Å². The molecule has 4 heteroatoms. The molecule has 0 unspecified atom stereocenters. The average Bonchev–Trinajstić information content (AvgIpc) is 2.40. The van der Waals surface area contributed by atoms with E-state index in [0.29, 0.717) is 24.6 Å². The van der Waals surface area contributed by atoms with E-state index in [0.717, 1.165) is 5.56 Å². The minimum absolute atomic E-state index is 0.122. The normalized spacial score (nSPS) is 10.2. The summed E-state index contributed by atoms with van der Waals surface area (Å²) in [6.45, 7) is 2.88. The molecule has 0 fully saturated rings. The fourth-order valence-corrected chi connectivity index (χ4v) is 1.74. The van der Waals surface area contributed by atoms with Crippen LogP contribution in [-0.2, 0) is 6.54 Å². The van der Waals surface area contributed by atoms with Crippen LogP contribution in [-0.4, -0.2) is 11.7 Å². The zero-order valence-corrected chi connectivity index (χ0v) is 10.7. The van der Waals surface area contributed by atoms with Crippen LogP contribution in [0.3, 0.4) is 0 Å². The third kappa shape index (κ3) is 3.61. The fraction of sp³-hybridized carbons (Fsp3) is 0.200. The van der Waals surface area contributed by atoms with Gasteiger partial charge in [0.2, 0.25) is 0 Å². The maximum Gasteiger partial charge on any atom is 0.161 e. The van der Waals surface area contributed by atoms with E-state index in [4.69, 9.17) is 4.74 Å². The summed E-state index contributed by atoms with van der Waals surface area (Å²) in [7, 11) is 0. The summed E-state index contributed by atoms with van der Waals surface area (Å²) < 4.78 is 18.3. The number of nitrogens with one attached hydrogen (secondary N) is 1. The summed E-state index contributed by atoms with van der Waals surface area (Å²) in [6, 6.07) is 11.4. The first-order chi connectivity index (χ1) is 9.19. The molecule has 0 bridgehead atoms. The molecule has 0 aliphatic carbocycles. The van der Waals surface area contributed by atoms with Gasteiger partial charge in [-0.05, 0) is 42.8 Å². The first-order valence-electron chi connectivity index (χ1n) is 6.13. The zero-order chi connectivity index (χ0) is 13.7. The van der Waals surface area contributed by atoms with E-state index in [1.165, 1.54) is 12.1 Å². The van der Waals surface area contributed by atoms with Gasteiger partial charge < -0.3 is 15.2 Å². The predicted molar refractivity (Wildman–Crippen MR) is 73.0 cm³/mol. The molecule has 2 rings (SSSR count). The third-order valence-corrected chi connectivity index (χ3v) is 2.65. The van der Waals surface area contributed by atoms with Gasteiger partial charge in [0.15, 0.2) is 11.5 Å². The molecule has 0 heterocycles. The molecule has 0 saturated heterocycles. The lowest BCUT2D eigenvalue weighted by Crippen LogP contribution is -2.00. The number of aromatic hydroxyl groups is 1. The molecule has 0 saturated carbocycles. The molecule has 2 aromatic rings. The van der Waals surface area contributed by atoms with Gasteiger partial charge in [-0.3, -0.25) is 0 Å². The van der Waals surface area contributed by atoms with Crippen LogP contribution in [0.15, 0.2) is 42.5 Å². The zero-order valence-electron chi connectivity index (χ0n) is 10.7. The lowest BCUT2D eigenvalue weighted by molar-refractivity contribution is 0.318. The van der Waals surface area contributed by atoms with E-state index in [-0.39, 0.29) is 11.6 Å². The van der Waals surface area contributed by atoms with Crippen molar-refractivity contribution >= 4 is 5.69 Å². The molecule has 3 nitrogen and oxygen atoms in total. The Morgan fingerprint density at radius 2 is 2.05 bits per heavy atom. The maximum atomic E-state index is 13.0. The third-order valence-electron chi connectivity index (χ3n) is 2.65. The Morgan fingerprint density at radius 3 is 2.79 bits per heavy atom. The highest BCUT2D eigenvalue weighted by molar-refractivity contribution is 5.46. The molecule has 0 atom stereocenters. The van der Waals surface area contributed by atoms with Gasteiger partial charge in [0.25, 0.3) is 0 Å². The molecule has 0 aliphatic rings. The first kappa shape index (κ1) is 13.2. The molecule has 19 heavy (non-hydrogen) atoms. The van der Waals surface area contributed by atoms with Gasteiger partial charge in [0.1, 0.15) is 5.82 Å². The largest absolute Gasteiger partial charge is 0.504 e. The van der Waals surface area contributed by atoms with Crippen molar-refractivity contribution in [3.05, 3.63) is 53.8 Å². The van der Waals surface area contributed by atoms with Crippen molar-refractivity contribution < 1.29 is 14.2 Å². The molecule has 2 aromatic carbocycles. The van der Waals surface area contributed by atoms with Gasteiger partial charge in [-0.2, -0.15) is 0 Å². The Morgan fingerprint density at radius 1 is 1.21 bits per heavy atom. The molecular weight excluding hydrogens is 245 g/mol. The van der Waals surface area contributed by atoms with E-state index in [1.54, 1.807) is 30.3 Å². The second kappa shape index (κ2) is 6.09. The lowest BCUT2D eigenvalue weighted by Gasteiger charge is -2.10. The van der Waals surface area contributed by atoms with Gasteiger partial charge in [-0.1, -0.05) is 12.1 Å². The van der Waals surface area contributed by atoms with Gasteiger partial charge in [-0.25, -0.2) is 4.39 Å². The quantitative estimate of drug-likeness (QED) is 0.865. The second-order valence-electron chi connectivity index (χ2n) is 4.10. The molecule has 100 valence electrons. The molecule has 2 N–H and O–H groups in total. The topological polar surface area (TPSA) is 41.5 Å². The second-order valence-corrected chi connectivity index (χ2v) is 4.10. The lowest BCUT2D eigenvalue weighted by atomic mass is 10.2. The minimum atomic E-state index is -0.272. The van der Waals surface area contributed by atoms with Crippen LogP contribution in [0.5, 0.6) is 11.5 Å². The van der Waals surface area contributed by atoms with Crippen LogP contribution < -0.4 is 10.1 Å². The summed E-state index contributed by atoms with van der Waals surface area (Å²) in [5.74, 6) is 0.308. The van der Waals surface area contributed by atoms with E-state index in [2.05, 4.69) is 5.32 Å². The molecule has 0 radical (unpaired) electrons. The maximum absolute atomic E-state index is 13.0. The molecular formula is C15H16FNO2. The molecule has 0 aliphatic heterocycles. The minimum Gasteiger partial charge on any atom is -0.504 e. The van der Waals surface area contributed by atoms with Crippen molar-refractivity contribution in [3.63, 3.8) is 0 Å². The summed E-state index contributed by atoms with van der Waals surface area (Å²) >= 11 is 0. The summed E-state index contributed by atoms with van der Waals surface area (Å²) in [4.78, 5) is 0. The van der Waals surface area contributed by atoms with E-state index >= 15 is 0 Å². The Balaban J connectivity index is 2.05. The van der Waals surface area contributed by atoms with Gasteiger partial charge in [-0.15, -0.1) is 0 Å². The highest BCUT2D eigenvalue weighted by Gasteiger charge is 2.03. The predicted octanol–water partition coefficient (Wildman–Crippen LogP) is 3.54. The highest BCUT2D eigenvalue weighted by atomic mass is 19.1. The highest BCUT2D eigenvalue weighted by Crippen LogP contribution is 2.27. The summed E-state index contributed by atoms with van der Waals surface area (Å²) in [6.07, 6.45) is 0. The Bertz CT molecular complexity index is 558. The Labute approximate surface area is 111 Å². The Kier molecular flexibility index (Phi) is 4.23. The van der Waals surface area contributed by atoms with Crippen molar-refractivity contribution in [1.82, 2.24) is 0 Å². The number of halogens is 1. The summed E-state index contributed by atoms with van der Waals surface area (Å²) in [5.41, 5.74) is 1.66. The SMILES string of the molecule is CCOc1cc(CNc2cccc(F)c2)ccc1O. The average molecular weight is 261 g/mol. The van der Waals surface area contributed by atoms with Gasteiger partial charge in [0.05, 0.1) is 6.61 Å². The van der Waals surface area contributed by atoms with E-state index < -0.39 is 0 Å². The smallest absolute Gasteiger partial charge is 0.161 e. The molecule has 0 amide bonds. The van der Waals surface area contributed by atoms with Crippen LogP contribution in [0.4, 0.5) is 10.1 Å². The number of phenols is 1. The number of phenolic OH excluding ortho intramolecular Hbond substituents is 1. The first-order valence-corrected chi connectivity index (χ1v) is 6.13. The molecule has 0 spiro atoms. The van der Waals surface area contributed by atoms with Crippen LogP contribution in [0.2, 0.25) is 0 Å². The number of anilines is 1. The monoisotopic (exact) mass is 261 g/mol. The molecule has 0 aromatic heterocycles. The standard InChI is InChI=1S/C15H16FNO2/c1-2-19-15-8-11(6-7-14(15)18)10-17-13-5-3-4-12(16)9-13/h3-9,17-18H,2,10H2,1H3. The van der Waals surface area contributed by atoms with Crippen LogP contribution in [0, 0.1) is 5.82 Å². The number of hydrogen-bond donors (Lipinski definition) is 2. The number of ether oxygens (including phenoxy) is 1.